The number of carbonyl (C=O) groups excluding carboxylic acids is 2. The van der Waals surface area contributed by atoms with Crippen LogP contribution >= 0.6 is 0 Å². The number of hydrogen-bond donors (Lipinski definition) is 1. The van der Waals surface area contributed by atoms with Gasteiger partial charge in [-0.05, 0) is 62.2 Å². The highest BCUT2D eigenvalue weighted by Gasteiger charge is 2.39. The zero-order chi connectivity index (χ0) is 21.6. The number of anilines is 2. The summed E-state index contributed by atoms with van der Waals surface area (Å²) < 4.78 is 26.2. The molecule has 2 aromatic carbocycles. The third-order valence-corrected chi connectivity index (χ3v) is 7.14. The molecule has 0 spiro atoms. The summed E-state index contributed by atoms with van der Waals surface area (Å²) in [6.07, 6.45) is 1.83. The normalized spacial score (nSPS) is 18.8. The van der Waals surface area contributed by atoms with Gasteiger partial charge in [-0.1, -0.05) is 18.2 Å². The fourth-order valence-corrected chi connectivity index (χ4v) is 4.72. The van der Waals surface area contributed by atoms with Crippen molar-refractivity contribution in [1.29, 1.82) is 0 Å². The molecule has 0 aromatic heterocycles. The number of sulfonamides is 1. The van der Waals surface area contributed by atoms with Gasteiger partial charge in [0.2, 0.25) is 21.8 Å². The van der Waals surface area contributed by atoms with E-state index in [4.69, 9.17) is 0 Å². The predicted molar refractivity (Wildman–Crippen MR) is 116 cm³/mol. The van der Waals surface area contributed by atoms with E-state index < -0.39 is 10.0 Å². The summed E-state index contributed by atoms with van der Waals surface area (Å²) in [5.74, 6) is 0.124. The topological polar surface area (TPSA) is 86.8 Å². The third kappa shape index (κ3) is 3.61. The molecule has 1 fully saturated rings. The van der Waals surface area contributed by atoms with E-state index in [-0.39, 0.29) is 28.7 Å². The molecule has 1 heterocycles. The standard InChI is InChI=1S/C22H25N3O4S/c1-14-13-24(22(27)17-4-5-17)21-12-18(8-11-20(21)25(14)15(2)26)16-6-9-19(10-7-16)30(28,29)23-3/h6-12,14,17,23H,4-5,13H2,1-3H3/t14-/m0/s1. The minimum absolute atomic E-state index is 0.0587. The maximum atomic E-state index is 12.9. The van der Waals surface area contributed by atoms with Crippen LogP contribution in [0.5, 0.6) is 0 Å². The summed E-state index contributed by atoms with van der Waals surface area (Å²) in [4.78, 5) is 28.9. The van der Waals surface area contributed by atoms with Gasteiger partial charge < -0.3 is 9.80 Å². The van der Waals surface area contributed by atoms with Gasteiger partial charge in [0, 0.05) is 19.4 Å². The Morgan fingerprint density at radius 3 is 2.20 bits per heavy atom. The zero-order valence-electron chi connectivity index (χ0n) is 17.3. The number of rotatable bonds is 4. The van der Waals surface area contributed by atoms with Gasteiger partial charge in [0.1, 0.15) is 0 Å². The van der Waals surface area contributed by atoms with Gasteiger partial charge in [-0.2, -0.15) is 0 Å². The molecule has 1 N–H and O–H groups in total. The number of amides is 2. The number of carbonyl (C=O) groups is 2. The Morgan fingerprint density at radius 2 is 1.63 bits per heavy atom. The molecule has 1 aliphatic heterocycles. The number of hydrogen-bond acceptors (Lipinski definition) is 4. The smallest absolute Gasteiger partial charge is 0.240 e. The summed E-state index contributed by atoms with van der Waals surface area (Å²) in [5.41, 5.74) is 3.14. The zero-order valence-corrected chi connectivity index (χ0v) is 18.1. The lowest BCUT2D eigenvalue weighted by Crippen LogP contribution is -2.51. The first-order valence-electron chi connectivity index (χ1n) is 10.0. The van der Waals surface area contributed by atoms with E-state index in [0.717, 1.165) is 35.3 Å². The van der Waals surface area contributed by atoms with E-state index in [1.165, 1.54) is 14.0 Å². The lowest BCUT2D eigenvalue weighted by Gasteiger charge is -2.41. The highest BCUT2D eigenvalue weighted by molar-refractivity contribution is 7.89. The average Bonchev–Trinajstić information content (AvgIpc) is 3.57. The second kappa shape index (κ2) is 7.52. The summed E-state index contributed by atoms with van der Waals surface area (Å²) in [5, 5.41) is 0. The minimum Gasteiger partial charge on any atom is -0.308 e. The van der Waals surface area contributed by atoms with Crippen LogP contribution in [0.15, 0.2) is 47.4 Å². The van der Waals surface area contributed by atoms with Crippen LogP contribution in [-0.4, -0.2) is 39.9 Å². The van der Waals surface area contributed by atoms with Crippen LogP contribution in [0.4, 0.5) is 11.4 Å². The molecule has 2 aromatic rings. The molecule has 1 saturated carbocycles. The van der Waals surface area contributed by atoms with Gasteiger partial charge in [0.05, 0.1) is 22.3 Å². The van der Waals surface area contributed by atoms with Crippen molar-refractivity contribution >= 4 is 33.2 Å². The molecule has 0 unspecified atom stereocenters. The van der Waals surface area contributed by atoms with E-state index in [0.29, 0.717) is 6.54 Å². The van der Waals surface area contributed by atoms with E-state index in [2.05, 4.69) is 4.72 Å². The molecular formula is C22H25N3O4S. The summed E-state index contributed by atoms with van der Waals surface area (Å²) in [7, 11) is -2.13. The van der Waals surface area contributed by atoms with Crippen LogP contribution in [-0.2, 0) is 19.6 Å². The van der Waals surface area contributed by atoms with Crippen molar-refractivity contribution in [3.63, 3.8) is 0 Å². The fraction of sp³-hybridized carbons (Fsp3) is 0.364. The number of nitrogens with zero attached hydrogens (tertiary/aromatic N) is 2. The monoisotopic (exact) mass is 427 g/mol. The van der Waals surface area contributed by atoms with Crippen molar-refractivity contribution in [3.8, 4) is 11.1 Å². The quantitative estimate of drug-likeness (QED) is 0.813. The maximum absolute atomic E-state index is 12.9. The molecule has 1 atom stereocenters. The first-order valence-corrected chi connectivity index (χ1v) is 11.5. The predicted octanol–water partition coefficient (Wildman–Crippen LogP) is 2.76. The Morgan fingerprint density at radius 1 is 1.00 bits per heavy atom. The Kier molecular flexibility index (Phi) is 5.15. The van der Waals surface area contributed by atoms with Crippen LogP contribution in [0.25, 0.3) is 11.1 Å². The Balaban J connectivity index is 1.77. The average molecular weight is 428 g/mol. The SMILES string of the molecule is CNS(=O)(=O)c1ccc(-c2ccc3c(c2)N(C(=O)C2CC2)C[C@H](C)N3C(C)=O)cc1. The van der Waals surface area contributed by atoms with Gasteiger partial charge in [-0.15, -0.1) is 0 Å². The van der Waals surface area contributed by atoms with Crippen LogP contribution in [0.2, 0.25) is 0 Å². The number of fused-ring (bicyclic) bond motifs is 1. The molecule has 8 heteroatoms. The Hall–Kier alpha value is -2.71. The van der Waals surface area contributed by atoms with E-state index in [9.17, 15) is 18.0 Å². The molecule has 2 amide bonds. The van der Waals surface area contributed by atoms with Crippen molar-refractivity contribution in [2.45, 2.75) is 37.6 Å². The van der Waals surface area contributed by atoms with E-state index in [1.807, 2.05) is 25.1 Å². The van der Waals surface area contributed by atoms with Crippen molar-refractivity contribution in [2.24, 2.45) is 5.92 Å². The molecule has 0 saturated heterocycles. The summed E-state index contributed by atoms with van der Waals surface area (Å²) in [6, 6.07) is 12.2. The molecule has 0 bridgehead atoms. The van der Waals surface area contributed by atoms with Crippen molar-refractivity contribution in [3.05, 3.63) is 42.5 Å². The fourth-order valence-electron chi connectivity index (χ4n) is 3.99. The molecule has 158 valence electrons. The third-order valence-electron chi connectivity index (χ3n) is 5.71. The second-order valence-electron chi connectivity index (χ2n) is 7.90. The highest BCUT2D eigenvalue weighted by Crippen LogP contribution is 2.42. The first-order chi connectivity index (χ1) is 14.2. The first kappa shape index (κ1) is 20.6. The largest absolute Gasteiger partial charge is 0.308 e. The molecule has 30 heavy (non-hydrogen) atoms. The van der Waals surface area contributed by atoms with E-state index >= 15 is 0 Å². The van der Waals surface area contributed by atoms with Crippen LogP contribution in [0.1, 0.15) is 26.7 Å². The van der Waals surface area contributed by atoms with Gasteiger partial charge in [0.25, 0.3) is 0 Å². The number of benzene rings is 2. The van der Waals surface area contributed by atoms with Crippen molar-refractivity contribution in [1.82, 2.24) is 4.72 Å². The van der Waals surface area contributed by atoms with Crippen molar-refractivity contribution in [2.75, 3.05) is 23.4 Å². The van der Waals surface area contributed by atoms with Gasteiger partial charge in [-0.3, -0.25) is 9.59 Å². The summed E-state index contributed by atoms with van der Waals surface area (Å²) in [6.45, 7) is 3.95. The lowest BCUT2D eigenvalue weighted by molar-refractivity contribution is -0.120. The summed E-state index contributed by atoms with van der Waals surface area (Å²) >= 11 is 0. The second-order valence-corrected chi connectivity index (χ2v) is 9.78. The lowest BCUT2D eigenvalue weighted by atomic mass is 10.00. The van der Waals surface area contributed by atoms with Gasteiger partial charge >= 0.3 is 0 Å². The molecule has 2 aliphatic rings. The van der Waals surface area contributed by atoms with Gasteiger partial charge in [0.15, 0.2) is 0 Å². The molecule has 4 rings (SSSR count). The molecule has 1 aliphatic carbocycles. The number of nitrogens with one attached hydrogen (secondary N) is 1. The Labute approximate surface area is 176 Å². The Bertz CT molecular complexity index is 1110. The molecule has 0 radical (unpaired) electrons. The minimum atomic E-state index is -3.50. The van der Waals surface area contributed by atoms with Crippen LogP contribution in [0.3, 0.4) is 0 Å². The van der Waals surface area contributed by atoms with Crippen LogP contribution in [0, 0.1) is 5.92 Å². The van der Waals surface area contributed by atoms with Gasteiger partial charge in [-0.25, -0.2) is 13.1 Å². The van der Waals surface area contributed by atoms with Crippen LogP contribution < -0.4 is 14.5 Å². The molecular weight excluding hydrogens is 402 g/mol. The molecule has 7 nitrogen and oxygen atoms in total. The maximum Gasteiger partial charge on any atom is 0.240 e. The van der Waals surface area contributed by atoms with E-state index in [1.54, 1.807) is 34.1 Å². The highest BCUT2D eigenvalue weighted by atomic mass is 32.2. The van der Waals surface area contributed by atoms with Crippen molar-refractivity contribution < 1.29 is 18.0 Å².